The number of ether oxygens (including phenoxy) is 2. The minimum absolute atomic E-state index is 0.0575. The number of unbranched alkanes of at least 4 members (excludes halogenated alkanes) is 2. The molecule has 162 valence electrons. The Labute approximate surface area is 160 Å². The van der Waals surface area contributed by atoms with Gasteiger partial charge in [-0.1, -0.05) is 6.42 Å². The van der Waals surface area contributed by atoms with Crippen LogP contribution in [0.3, 0.4) is 0 Å². The molecule has 0 aromatic rings. The van der Waals surface area contributed by atoms with Gasteiger partial charge in [-0.15, -0.1) is 0 Å². The number of amides is 1. The SMILES string of the molecule is CC(=O)N[C@@H]1[C@@H](NS(=O)(=O)O)C[C@](OCCCCCC(=O)O)(C(=O)O)O[C@H]1O. The molecule has 0 aliphatic carbocycles. The summed E-state index contributed by atoms with van der Waals surface area (Å²) >= 11 is 0. The standard InChI is InChI=1S/C14H24N2O11S/c1-8(17)15-11-9(16-28(23,24)25)7-14(13(21)22,27-12(11)20)26-6-4-2-3-5-10(18)19/h9,11-12,16,20H,2-7H2,1H3,(H,15,17)(H,18,19)(H,21,22)(H,23,24,25)/t9-,11+,12+,14+/m0/s1. The maximum absolute atomic E-state index is 11.7. The van der Waals surface area contributed by atoms with Gasteiger partial charge >= 0.3 is 22.2 Å². The van der Waals surface area contributed by atoms with Gasteiger partial charge in [-0.3, -0.25) is 14.1 Å². The largest absolute Gasteiger partial charge is 0.481 e. The minimum atomic E-state index is -4.80. The van der Waals surface area contributed by atoms with Crippen LogP contribution in [0.5, 0.6) is 0 Å². The Bertz CT molecular complexity index is 683. The predicted octanol–water partition coefficient (Wildman–Crippen LogP) is -1.57. The normalized spacial score (nSPS) is 27.9. The molecule has 14 heteroatoms. The molecule has 4 atom stereocenters. The highest BCUT2D eigenvalue weighted by atomic mass is 32.2. The van der Waals surface area contributed by atoms with Gasteiger partial charge in [0.25, 0.3) is 5.79 Å². The van der Waals surface area contributed by atoms with Crippen LogP contribution in [-0.4, -0.2) is 76.9 Å². The van der Waals surface area contributed by atoms with Crippen LogP contribution < -0.4 is 10.0 Å². The van der Waals surface area contributed by atoms with E-state index in [0.717, 1.165) is 6.92 Å². The van der Waals surface area contributed by atoms with E-state index < -0.39 is 58.7 Å². The van der Waals surface area contributed by atoms with E-state index in [1.807, 2.05) is 0 Å². The van der Waals surface area contributed by atoms with Crippen molar-refractivity contribution in [3.05, 3.63) is 0 Å². The van der Waals surface area contributed by atoms with E-state index in [9.17, 15) is 33.0 Å². The first kappa shape index (κ1) is 24.2. The summed E-state index contributed by atoms with van der Waals surface area (Å²) in [5, 5.41) is 30.4. The third-order valence-corrected chi connectivity index (χ3v) is 4.51. The fourth-order valence-corrected chi connectivity index (χ4v) is 3.34. The molecule has 28 heavy (non-hydrogen) atoms. The van der Waals surface area contributed by atoms with Crippen LogP contribution in [0.15, 0.2) is 0 Å². The van der Waals surface area contributed by atoms with Crippen molar-refractivity contribution in [2.75, 3.05) is 6.61 Å². The molecule has 6 N–H and O–H groups in total. The number of aliphatic hydroxyl groups is 1. The van der Waals surface area contributed by atoms with Crippen LogP contribution >= 0.6 is 0 Å². The van der Waals surface area contributed by atoms with Gasteiger partial charge in [0.2, 0.25) is 5.91 Å². The molecule has 1 heterocycles. The van der Waals surface area contributed by atoms with Crippen molar-refractivity contribution >= 4 is 28.1 Å². The number of rotatable bonds is 11. The zero-order chi connectivity index (χ0) is 21.5. The van der Waals surface area contributed by atoms with Crippen LogP contribution in [0.25, 0.3) is 0 Å². The summed E-state index contributed by atoms with van der Waals surface area (Å²) in [4.78, 5) is 33.4. The smallest absolute Gasteiger partial charge is 0.364 e. The molecule has 13 nitrogen and oxygen atoms in total. The van der Waals surface area contributed by atoms with Crippen LogP contribution in [-0.2, 0) is 34.2 Å². The number of aliphatic carboxylic acids is 2. The number of carboxylic acids is 2. The topological polar surface area (TPSA) is 209 Å². The quantitative estimate of drug-likeness (QED) is 0.164. The van der Waals surface area contributed by atoms with E-state index in [-0.39, 0.29) is 19.4 Å². The molecule has 1 aliphatic rings. The fraction of sp³-hybridized carbons (Fsp3) is 0.786. The number of hydrogen-bond acceptors (Lipinski definition) is 8. The van der Waals surface area contributed by atoms with Gasteiger partial charge in [0.05, 0.1) is 18.7 Å². The molecule has 0 saturated carbocycles. The van der Waals surface area contributed by atoms with E-state index in [2.05, 4.69) is 5.32 Å². The summed E-state index contributed by atoms with van der Waals surface area (Å²) in [5.74, 6) is -5.72. The molecule has 1 aliphatic heterocycles. The summed E-state index contributed by atoms with van der Waals surface area (Å²) in [7, 11) is -4.80. The van der Waals surface area contributed by atoms with Gasteiger partial charge < -0.3 is 30.1 Å². The third-order valence-electron chi connectivity index (χ3n) is 3.91. The predicted molar refractivity (Wildman–Crippen MR) is 90.2 cm³/mol. The van der Waals surface area contributed by atoms with Crippen LogP contribution in [0.4, 0.5) is 0 Å². The lowest BCUT2D eigenvalue weighted by Gasteiger charge is -2.44. The zero-order valence-electron chi connectivity index (χ0n) is 15.0. The van der Waals surface area contributed by atoms with Crippen LogP contribution in [0.2, 0.25) is 0 Å². The van der Waals surface area contributed by atoms with Crippen molar-refractivity contribution < 1.29 is 52.1 Å². The first-order chi connectivity index (χ1) is 12.9. The minimum Gasteiger partial charge on any atom is -0.481 e. The van der Waals surface area contributed by atoms with Gasteiger partial charge in [-0.2, -0.15) is 13.1 Å². The molecule has 0 unspecified atom stereocenters. The second kappa shape index (κ2) is 10.1. The van der Waals surface area contributed by atoms with Gasteiger partial charge in [-0.05, 0) is 12.8 Å². The lowest BCUT2D eigenvalue weighted by Crippen LogP contribution is -2.67. The molecular weight excluding hydrogens is 404 g/mol. The van der Waals surface area contributed by atoms with Crippen LogP contribution in [0.1, 0.15) is 39.0 Å². The Morgan fingerprint density at radius 2 is 1.86 bits per heavy atom. The number of carbonyl (C=O) groups is 3. The van der Waals surface area contributed by atoms with Gasteiger partial charge in [0.15, 0.2) is 6.29 Å². The molecule has 0 aromatic carbocycles. The third kappa shape index (κ3) is 7.65. The molecule has 1 saturated heterocycles. The Kier molecular flexibility index (Phi) is 8.72. The number of carboxylic acid groups (broad SMARTS) is 2. The summed E-state index contributed by atoms with van der Waals surface area (Å²) in [6.07, 6.45) is -1.63. The van der Waals surface area contributed by atoms with Crippen molar-refractivity contribution in [1.82, 2.24) is 10.0 Å². The fourth-order valence-electron chi connectivity index (χ4n) is 2.73. The highest BCUT2D eigenvalue weighted by molar-refractivity contribution is 7.83. The first-order valence-corrected chi connectivity index (χ1v) is 9.77. The highest BCUT2D eigenvalue weighted by Crippen LogP contribution is 2.31. The number of hydrogen-bond donors (Lipinski definition) is 6. The monoisotopic (exact) mass is 428 g/mol. The van der Waals surface area contributed by atoms with E-state index in [1.165, 1.54) is 0 Å². The van der Waals surface area contributed by atoms with E-state index in [1.54, 1.807) is 4.72 Å². The number of aliphatic hydroxyl groups excluding tert-OH is 1. The van der Waals surface area contributed by atoms with Crippen molar-refractivity contribution in [3.8, 4) is 0 Å². The first-order valence-electron chi connectivity index (χ1n) is 8.33. The number of nitrogens with one attached hydrogen (secondary N) is 2. The second-order valence-electron chi connectivity index (χ2n) is 6.25. The van der Waals surface area contributed by atoms with Crippen molar-refractivity contribution in [2.45, 2.75) is 63.2 Å². The lowest BCUT2D eigenvalue weighted by atomic mass is 9.95. The molecule has 1 amide bonds. The summed E-state index contributed by atoms with van der Waals surface area (Å²) in [6.45, 7) is 0.909. The second-order valence-corrected chi connectivity index (χ2v) is 7.44. The zero-order valence-corrected chi connectivity index (χ0v) is 15.8. The average molecular weight is 428 g/mol. The van der Waals surface area contributed by atoms with Crippen molar-refractivity contribution in [3.63, 3.8) is 0 Å². The molecule has 1 rings (SSSR count). The Morgan fingerprint density at radius 3 is 2.36 bits per heavy atom. The van der Waals surface area contributed by atoms with Crippen LogP contribution in [0, 0.1) is 0 Å². The lowest BCUT2D eigenvalue weighted by molar-refractivity contribution is -0.321. The Balaban J connectivity index is 2.88. The van der Waals surface area contributed by atoms with Gasteiger partial charge in [-0.25, -0.2) is 4.79 Å². The van der Waals surface area contributed by atoms with Crippen molar-refractivity contribution in [1.29, 1.82) is 0 Å². The van der Waals surface area contributed by atoms with Gasteiger partial charge in [0, 0.05) is 19.8 Å². The Hall–Kier alpha value is -1.84. The molecule has 1 fully saturated rings. The van der Waals surface area contributed by atoms with E-state index >= 15 is 0 Å². The molecule has 0 radical (unpaired) electrons. The van der Waals surface area contributed by atoms with Crippen molar-refractivity contribution in [2.24, 2.45) is 0 Å². The molecular formula is C14H24N2O11S. The van der Waals surface area contributed by atoms with E-state index in [0.29, 0.717) is 12.8 Å². The van der Waals surface area contributed by atoms with E-state index in [4.69, 9.17) is 19.1 Å². The molecule has 0 aromatic heterocycles. The number of carbonyl (C=O) groups excluding carboxylic acids is 1. The maximum atomic E-state index is 11.7. The maximum Gasteiger partial charge on any atom is 0.364 e. The summed E-state index contributed by atoms with van der Waals surface area (Å²) < 4.78 is 43.4. The molecule has 0 bridgehead atoms. The highest BCUT2D eigenvalue weighted by Gasteiger charge is 2.54. The molecule has 0 spiro atoms. The summed E-state index contributed by atoms with van der Waals surface area (Å²) in [5.41, 5.74) is 0. The summed E-state index contributed by atoms with van der Waals surface area (Å²) in [6, 6.07) is -2.84. The average Bonchev–Trinajstić information content (AvgIpc) is 2.52. The van der Waals surface area contributed by atoms with Gasteiger partial charge in [0.1, 0.15) is 0 Å². The Morgan fingerprint density at radius 1 is 1.21 bits per heavy atom.